The number of carbonyl (C=O) groups excluding carboxylic acids is 3. The van der Waals surface area contributed by atoms with Crippen LogP contribution in [-0.4, -0.2) is 23.6 Å². The standard InChI is InChI=1S/C14H14ClN2OP.C3H8.C2H2O.CH2O/c1-9-2-3-13(19)5-10(9)6-17-7-12(15)4-11(8-18)14(17)16;1-3-2;1-2-3;1-2/h2-5,7-8,16H,6,19H2,1H3;3H2,1-2H3;1H2;1H2. The number of aldehydes is 1. The summed E-state index contributed by atoms with van der Waals surface area (Å²) in [6, 6.07) is 7.61. The molecule has 1 N–H and O–H groups in total. The second kappa shape index (κ2) is 15.9. The maximum absolute atomic E-state index is 10.9. The number of carbonyl (C=O) groups is 2. The molecule has 0 saturated carbocycles. The fourth-order valence-corrected chi connectivity index (χ4v) is 2.43. The normalized spacial score (nSPS) is 8.48. The van der Waals surface area contributed by atoms with Gasteiger partial charge in [-0.2, -0.15) is 0 Å². The fourth-order valence-electron chi connectivity index (χ4n) is 1.89. The van der Waals surface area contributed by atoms with Crippen LogP contribution in [0.15, 0.2) is 37.0 Å². The van der Waals surface area contributed by atoms with Gasteiger partial charge in [0, 0.05) is 12.7 Å². The third-order valence-corrected chi connectivity index (χ3v) is 3.54. The maximum atomic E-state index is 10.9. The predicted molar refractivity (Wildman–Crippen MR) is 115 cm³/mol. The van der Waals surface area contributed by atoms with Gasteiger partial charge in [0.05, 0.1) is 10.6 Å². The first kappa shape index (κ1) is 26.9. The third kappa shape index (κ3) is 10.4. The monoisotopic (exact) mass is 408 g/mol. The highest BCUT2D eigenvalue weighted by Crippen LogP contribution is 2.11. The van der Waals surface area contributed by atoms with Crippen molar-refractivity contribution in [3.63, 3.8) is 0 Å². The molecule has 2 rings (SSSR count). The Kier molecular flexibility index (Phi) is 15.8. The lowest BCUT2D eigenvalue weighted by molar-refractivity contribution is -0.0980. The van der Waals surface area contributed by atoms with Crippen LogP contribution in [0.5, 0.6) is 0 Å². The van der Waals surface area contributed by atoms with Crippen LogP contribution in [0.1, 0.15) is 41.8 Å². The molecule has 0 aliphatic heterocycles. The first-order chi connectivity index (χ1) is 12.8. The Balaban J connectivity index is 0. The van der Waals surface area contributed by atoms with Crippen LogP contribution in [0.3, 0.4) is 0 Å². The van der Waals surface area contributed by atoms with E-state index in [-0.39, 0.29) is 5.49 Å². The quantitative estimate of drug-likeness (QED) is 0.479. The van der Waals surface area contributed by atoms with Crippen molar-refractivity contribution in [3.05, 3.63) is 64.2 Å². The summed E-state index contributed by atoms with van der Waals surface area (Å²) < 4.78 is 1.68. The summed E-state index contributed by atoms with van der Waals surface area (Å²) in [5.74, 6) is 1.25. The minimum absolute atomic E-state index is 0.174. The summed E-state index contributed by atoms with van der Waals surface area (Å²) in [6.07, 6.45) is 3.58. The highest BCUT2D eigenvalue weighted by molar-refractivity contribution is 7.27. The Bertz CT molecular complexity index is 813. The van der Waals surface area contributed by atoms with E-state index in [2.05, 4.69) is 29.7 Å². The summed E-state index contributed by atoms with van der Waals surface area (Å²) in [4.78, 5) is 27.5. The van der Waals surface area contributed by atoms with E-state index in [0.29, 0.717) is 23.4 Å². The van der Waals surface area contributed by atoms with Gasteiger partial charge in [0.2, 0.25) is 0 Å². The van der Waals surface area contributed by atoms with Crippen LogP contribution < -0.4 is 10.8 Å². The van der Waals surface area contributed by atoms with Gasteiger partial charge in [0.25, 0.3) is 0 Å². The molecule has 1 unspecified atom stereocenters. The van der Waals surface area contributed by atoms with E-state index in [9.17, 15) is 4.79 Å². The number of nitrogens with one attached hydrogen (secondary N) is 1. The smallest absolute Gasteiger partial charge is 0.153 e. The Labute approximate surface area is 167 Å². The molecular formula is C20H26ClN2O3P. The van der Waals surface area contributed by atoms with Gasteiger partial charge >= 0.3 is 0 Å². The van der Waals surface area contributed by atoms with Crippen LogP contribution in [0.2, 0.25) is 5.02 Å². The molecule has 27 heavy (non-hydrogen) atoms. The van der Waals surface area contributed by atoms with E-state index < -0.39 is 0 Å². The van der Waals surface area contributed by atoms with Gasteiger partial charge < -0.3 is 9.36 Å². The molecule has 0 radical (unpaired) electrons. The van der Waals surface area contributed by atoms with Crippen molar-refractivity contribution in [1.29, 1.82) is 5.41 Å². The van der Waals surface area contributed by atoms with Gasteiger partial charge in [0.1, 0.15) is 18.2 Å². The van der Waals surface area contributed by atoms with Crippen LogP contribution in [0.4, 0.5) is 0 Å². The van der Waals surface area contributed by atoms with Gasteiger partial charge in [-0.25, -0.2) is 4.79 Å². The van der Waals surface area contributed by atoms with Crippen LogP contribution >= 0.6 is 20.8 Å². The van der Waals surface area contributed by atoms with Gasteiger partial charge in [-0.1, -0.05) is 44.0 Å². The SMILES string of the molecule is C=C=O.C=O.CCC.Cc1ccc(P)cc1Cn1cc(Cl)cc(C=O)c1=N. The average Bonchev–Trinajstić information content (AvgIpc) is 2.64. The second-order valence-electron chi connectivity index (χ2n) is 5.25. The zero-order valence-electron chi connectivity index (χ0n) is 15.9. The predicted octanol–water partition coefficient (Wildman–Crippen LogP) is 3.53. The van der Waals surface area contributed by atoms with Crippen LogP contribution in [0, 0.1) is 12.3 Å². The molecule has 1 atom stereocenters. The second-order valence-corrected chi connectivity index (χ2v) is 6.35. The molecule has 0 aliphatic rings. The number of nitrogens with zero attached hydrogens (tertiary/aromatic N) is 1. The number of hydrogen-bond acceptors (Lipinski definition) is 4. The molecule has 5 nitrogen and oxygen atoms in total. The molecule has 0 saturated heterocycles. The molecule has 0 fully saturated rings. The summed E-state index contributed by atoms with van der Waals surface area (Å²) in [6.45, 7) is 11.5. The summed E-state index contributed by atoms with van der Waals surface area (Å²) in [5, 5.41) is 9.53. The van der Waals surface area contributed by atoms with E-state index in [4.69, 9.17) is 26.6 Å². The first-order valence-electron chi connectivity index (χ1n) is 8.02. The van der Waals surface area contributed by atoms with Crippen LogP contribution in [0.25, 0.3) is 0 Å². The van der Waals surface area contributed by atoms with Gasteiger partial charge in [-0.15, -0.1) is 9.24 Å². The van der Waals surface area contributed by atoms with Crippen molar-refractivity contribution in [2.24, 2.45) is 0 Å². The summed E-state index contributed by atoms with van der Waals surface area (Å²) in [5.41, 5.74) is 2.72. The van der Waals surface area contributed by atoms with E-state index in [1.54, 1.807) is 10.8 Å². The average molecular weight is 409 g/mol. The number of hydrogen-bond donors (Lipinski definition) is 1. The Morgan fingerprint density at radius 1 is 1.30 bits per heavy atom. The number of pyridine rings is 1. The topological polar surface area (TPSA) is 80.0 Å². The summed E-state index contributed by atoms with van der Waals surface area (Å²) >= 11 is 5.97. The zero-order valence-corrected chi connectivity index (χ0v) is 17.8. The van der Waals surface area contributed by atoms with Crippen molar-refractivity contribution >= 4 is 45.2 Å². The first-order valence-corrected chi connectivity index (χ1v) is 8.97. The Morgan fingerprint density at radius 2 is 1.81 bits per heavy atom. The van der Waals surface area contributed by atoms with Crippen molar-refractivity contribution in [3.8, 4) is 0 Å². The largest absolute Gasteiger partial charge is 0.327 e. The van der Waals surface area contributed by atoms with Crippen molar-refractivity contribution in [1.82, 2.24) is 4.57 Å². The van der Waals surface area contributed by atoms with E-state index in [1.807, 2.05) is 31.9 Å². The van der Waals surface area contributed by atoms with E-state index >= 15 is 0 Å². The van der Waals surface area contributed by atoms with Crippen molar-refractivity contribution < 1.29 is 14.4 Å². The molecular weight excluding hydrogens is 383 g/mol. The van der Waals surface area contributed by atoms with Crippen molar-refractivity contribution in [2.45, 2.75) is 33.7 Å². The lowest BCUT2D eigenvalue weighted by Crippen LogP contribution is -2.24. The number of rotatable bonds is 3. The lowest BCUT2D eigenvalue weighted by atomic mass is 10.1. The molecule has 0 amide bonds. The molecule has 1 aromatic heterocycles. The molecule has 7 heteroatoms. The number of halogens is 1. The molecule has 1 heterocycles. The molecule has 0 spiro atoms. The molecule has 0 aliphatic carbocycles. The number of benzene rings is 1. The Morgan fingerprint density at radius 3 is 2.30 bits per heavy atom. The Hall–Kier alpha value is -2.32. The number of aromatic nitrogens is 1. The highest BCUT2D eigenvalue weighted by atomic mass is 35.5. The molecule has 2 aromatic rings. The van der Waals surface area contributed by atoms with Crippen LogP contribution in [-0.2, 0) is 16.1 Å². The maximum Gasteiger partial charge on any atom is 0.153 e. The fraction of sp³-hybridized carbons (Fsp3) is 0.250. The zero-order chi connectivity index (χ0) is 21.4. The molecule has 0 bridgehead atoms. The van der Waals surface area contributed by atoms with Gasteiger partial charge in [0.15, 0.2) is 6.29 Å². The minimum atomic E-state index is 0.174. The highest BCUT2D eigenvalue weighted by Gasteiger charge is 2.05. The number of aryl methyl sites for hydroxylation is 1. The van der Waals surface area contributed by atoms with Crippen molar-refractivity contribution in [2.75, 3.05) is 0 Å². The summed E-state index contributed by atoms with van der Waals surface area (Å²) in [7, 11) is 2.65. The van der Waals surface area contributed by atoms with Gasteiger partial charge in [-0.3, -0.25) is 10.2 Å². The van der Waals surface area contributed by atoms with Gasteiger partial charge in [-0.05, 0) is 42.1 Å². The van der Waals surface area contributed by atoms with E-state index in [0.717, 1.165) is 16.4 Å². The molecule has 146 valence electrons. The third-order valence-electron chi connectivity index (χ3n) is 2.97. The minimum Gasteiger partial charge on any atom is -0.327 e. The van der Waals surface area contributed by atoms with E-state index in [1.165, 1.54) is 18.4 Å². The lowest BCUT2D eigenvalue weighted by Gasteiger charge is -2.12. The molecule has 1 aromatic carbocycles.